The summed E-state index contributed by atoms with van der Waals surface area (Å²) in [7, 11) is 0. The minimum absolute atomic E-state index is 0.136. The van der Waals surface area contributed by atoms with Crippen LogP contribution in [0.5, 0.6) is 0 Å². The zero-order valence-corrected chi connectivity index (χ0v) is 13.6. The van der Waals surface area contributed by atoms with Crippen molar-refractivity contribution >= 4 is 16.8 Å². The first kappa shape index (κ1) is 15.0. The fourth-order valence-electron chi connectivity index (χ4n) is 3.09. The Labute approximate surface area is 131 Å². The van der Waals surface area contributed by atoms with Crippen LogP contribution in [0.3, 0.4) is 0 Å². The maximum atomic E-state index is 13.0. The van der Waals surface area contributed by atoms with E-state index in [0.717, 1.165) is 60.4 Å². The highest BCUT2D eigenvalue weighted by atomic mass is 16.2. The lowest BCUT2D eigenvalue weighted by Gasteiger charge is -2.34. The Bertz CT molecular complexity index is 703. The molecule has 0 unspecified atom stereocenters. The van der Waals surface area contributed by atoms with Crippen molar-refractivity contribution in [3.63, 3.8) is 0 Å². The molecule has 1 aromatic carbocycles. The van der Waals surface area contributed by atoms with E-state index >= 15 is 0 Å². The number of carbonyl (C=O) groups excluding carboxylic acids is 1. The van der Waals surface area contributed by atoms with E-state index in [2.05, 4.69) is 22.9 Å². The number of nitrogens with zero attached hydrogens (tertiary/aromatic N) is 3. The van der Waals surface area contributed by atoms with Gasteiger partial charge < -0.3 is 9.80 Å². The number of likely N-dealkylation sites (N-methyl/N-ethyl adjacent to an activating group) is 1. The topological polar surface area (TPSA) is 36.4 Å². The van der Waals surface area contributed by atoms with Crippen LogP contribution in [0.25, 0.3) is 10.9 Å². The van der Waals surface area contributed by atoms with Gasteiger partial charge >= 0.3 is 0 Å². The van der Waals surface area contributed by atoms with Crippen molar-refractivity contribution in [3.8, 4) is 0 Å². The highest BCUT2D eigenvalue weighted by Gasteiger charge is 2.23. The SMILES string of the molecule is CCN1CCN(C(=O)c2cc(C)nc3ccc(C)cc23)CC1. The molecule has 2 aromatic rings. The fourth-order valence-corrected chi connectivity index (χ4v) is 3.09. The molecule has 4 nitrogen and oxygen atoms in total. The molecule has 0 atom stereocenters. The molecule has 0 radical (unpaired) electrons. The molecule has 0 bridgehead atoms. The highest BCUT2D eigenvalue weighted by Crippen LogP contribution is 2.22. The molecule has 1 aliphatic heterocycles. The van der Waals surface area contributed by atoms with Gasteiger partial charge in [0.2, 0.25) is 0 Å². The highest BCUT2D eigenvalue weighted by molar-refractivity contribution is 6.06. The van der Waals surface area contributed by atoms with Crippen LogP contribution in [-0.4, -0.2) is 53.4 Å². The molecular formula is C18H23N3O. The molecule has 0 N–H and O–H groups in total. The van der Waals surface area contributed by atoms with Crippen LogP contribution >= 0.6 is 0 Å². The van der Waals surface area contributed by atoms with Gasteiger partial charge in [-0.25, -0.2) is 0 Å². The minimum Gasteiger partial charge on any atom is -0.336 e. The number of hydrogen-bond acceptors (Lipinski definition) is 3. The van der Waals surface area contributed by atoms with Gasteiger partial charge in [-0.15, -0.1) is 0 Å². The van der Waals surface area contributed by atoms with E-state index in [9.17, 15) is 4.79 Å². The Balaban J connectivity index is 1.95. The third kappa shape index (κ3) is 2.83. The minimum atomic E-state index is 0.136. The van der Waals surface area contributed by atoms with Crippen molar-refractivity contribution in [2.75, 3.05) is 32.7 Å². The molecule has 1 amide bonds. The summed E-state index contributed by atoms with van der Waals surface area (Å²) < 4.78 is 0. The summed E-state index contributed by atoms with van der Waals surface area (Å²) in [6.45, 7) is 10.8. The number of hydrogen-bond donors (Lipinski definition) is 0. The standard InChI is InChI=1S/C18H23N3O/c1-4-20-7-9-21(10-8-20)18(22)16-12-14(3)19-17-6-5-13(2)11-15(16)17/h5-6,11-12H,4,7-10H2,1-3H3. The Hall–Kier alpha value is -1.94. The van der Waals surface area contributed by atoms with Crippen LogP contribution in [0.1, 0.15) is 28.5 Å². The number of aromatic nitrogens is 1. The average molecular weight is 297 g/mol. The number of fused-ring (bicyclic) bond motifs is 1. The summed E-state index contributed by atoms with van der Waals surface area (Å²) in [5.41, 5.74) is 3.74. The second-order valence-corrected chi connectivity index (χ2v) is 6.06. The first-order valence-corrected chi connectivity index (χ1v) is 7.98. The van der Waals surface area contributed by atoms with Crippen molar-refractivity contribution in [3.05, 3.63) is 41.1 Å². The van der Waals surface area contributed by atoms with Gasteiger partial charge in [0.15, 0.2) is 0 Å². The summed E-state index contributed by atoms with van der Waals surface area (Å²) in [4.78, 5) is 21.9. The predicted octanol–water partition coefficient (Wildman–Crippen LogP) is 2.63. The largest absolute Gasteiger partial charge is 0.336 e. The molecule has 2 heterocycles. The Morgan fingerprint density at radius 2 is 1.86 bits per heavy atom. The average Bonchev–Trinajstić information content (AvgIpc) is 2.54. The molecule has 0 spiro atoms. The molecule has 4 heteroatoms. The van der Waals surface area contributed by atoms with Gasteiger partial charge in [0.05, 0.1) is 11.1 Å². The zero-order valence-electron chi connectivity index (χ0n) is 13.6. The van der Waals surface area contributed by atoms with Crippen LogP contribution in [0.4, 0.5) is 0 Å². The number of benzene rings is 1. The maximum Gasteiger partial charge on any atom is 0.254 e. The van der Waals surface area contributed by atoms with E-state index in [4.69, 9.17) is 0 Å². The second kappa shape index (κ2) is 6.05. The van der Waals surface area contributed by atoms with Crippen molar-refractivity contribution < 1.29 is 4.79 Å². The normalized spacial score (nSPS) is 16.2. The molecule has 0 aliphatic carbocycles. The second-order valence-electron chi connectivity index (χ2n) is 6.06. The van der Waals surface area contributed by atoms with Crippen LogP contribution in [0.2, 0.25) is 0 Å². The molecule has 116 valence electrons. The Morgan fingerprint density at radius 3 is 2.55 bits per heavy atom. The lowest BCUT2D eigenvalue weighted by Crippen LogP contribution is -2.48. The third-order valence-electron chi connectivity index (χ3n) is 4.43. The summed E-state index contributed by atoms with van der Waals surface area (Å²) >= 11 is 0. The Kier molecular flexibility index (Phi) is 4.12. The van der Waals surface area contributed by atoms with Crippen molar-refractivity contribution in [2.24, 2.45) is 0 Å². The van der Waals surface area contributed by atoms with Crippen LogP contribution in [0, 0.1) is 13.8 Å². The summed E-state index contributed by atoms with van der Waals surface area (Å²) in [5, 5.41) is 0.966. The van der Waals surface area contributed by atoms with E-state index in [1.54, 1.807) is 0 Å². The number of piperazine rings is 1. The first-order valence-electron chi connectivity index (χ1n) is 7.98. The van der Waals surface area contributed by atoms with E-state index in [-0.39, 0.29) is 5.91 Å². The predicted molar refractivity (Wildman–Crippen MR) is 89.2 cm³/mol. The van der Waals surface area contributed by atoms with Crippen molar-refractivity contribution in [1.82, 2.24) is 14.8 Å². The lowest BCUT2D eigenvalue weighted by atomic mass is 10.0. The Morgan fingerprint density at radius 1 is 1.14 bits per heavy atom. The number of pyridine rings is 1. The lowest BCUT2D eigenvalue weighted by molar-refractivity contribution is 0.0645. The van der Waals surface area contributed by atoms with Gasteiger partial charge in [0, 0.05) is 37.3 Å². The number of rotatable bonds is 2. The summed E-state index contributed by atoms with van der Waals surface area (Å²) in [5.74, 6) is 0.136. The molecule has 1 aliphatic rings. The molecule has 0 saturated carbocycles. The number of carbonyl (C=O) groups is 1. The quantitative estimate of drug-likeness (QED) is 0.855. The van der Waals surface area contributed by atoms with Crippen molar-refractivity contribution in [2.45, 2.75) is 20.8 Å². The van der Waals surface area contributed by atoms with Crippen LogP contribution in [-0.2, 0) is 0 Å². The van der Waals surface area contributed by atoms with Crippen LogP contribution < -0.4 is 0 Å². The smallest absolute Gasteiger partial charge is 0.254 e. The molecule has 22 heavy (non-hydrogen) atoms. The van der Waals surface area contributed by atoms with Gasteiger partial charge in [-0.2, -0.15) is 0 Å². The number of aryl methyl sites for hydroxylation is 2. The van der Waals surface area contributed by atoms with E-state index in [0.29, 0.717) is 0 Å². The zero-order chi connectivity index (χ0) is 15.7. The van der Waals surface area contributed by atoms with Crippen molar-refractivity contribution in [1.29, 1.82) is 0 Å². The van der Waals surface area contributed by atoms with Gasteiger partial charge in [0.1, 0.15) is 0 Å². The van der Waals surface area contributed by atoms with Gasteiger partial charge in [-0.3, -0.25) is 9.78 Å². The maximum absolute atomic E-state index is 13.0. The van der Waals surface area contributed by atoms with Gasteiger partial charge in [0.25, 0.3) is 5.91 Å². The number of amides is 1. The van der Waals surface area contributed by atoms with Gasteiger partial charge in [-0.1, -0.05) is 18.6 Å². The third-order valence-corrected chi connectivity index (χ3v) is 4.43. The monoisotopic (exact) mass is 297 g/mol. The fraction of sp³-hybridized carbons (Fsp3) is 0.444. The summed E-state index contributed by atoms with van der Waals surface area (Å²) in [6.07, 6.45) is 0. The first-order chi connectivity index (χ1) is 10.6. The van der Waals surface area contributed by atoms with E-state index in [1.165, 1.54) is 0 Å². The molecule has 1 aromatic heterocycles. The molecule has 3 rings (SSSR count). The van der Waals surface area contributed by atoms with Gasteiger partial charge in [-0.05, 0) is 38.6 Å². The van der Waals surface area contributed by atoms with Crippen LogP contribution in [0.15, 0.2) is 24.3 Å². The summed E-state index contributed by atoms with van der Waals surface area (Å²) in [6, 6.07) is 8.04. The van der Waals surface area contributed by atoms with E-state index < -0.39 is 0 Å². The molecular weight excluding hydrogens is 274 g/mol. The van der Waals surface area contributed by atoms with E-state index in [1.807, 2.05) is 36.9 Å². The molecule has 1 saturated heterocycles. The molecule has 1 fully saturated rings.